The van der Waals surface area contributed by atoms with Crippen LogP contribution < -0.4 is 5.32 Å². The second-order valence-electron chi connectivity index (χ2n) is 8.39. The minimum atomic E-state index is -0.665. The summed E-state index contributed by atoms with van der Waals surface area (Å²) in [5, 5.41) is 3.08. The molecule has 2 unspecified atom stereocenters. The molecule has 0 aromatic carbocycles. The van der Waals surface area contributed by atoms with Crippen LogP contribution in [0.15, 0.2) is 0 Å². The molecule has 1 heterocycles. The van der Waals surface area contributed by atoms with E-state index in [-0.39, 0.29) is 29.3 Å². The largest absolute Gasteiger partial charge is 0.340 e. The summed E-state index contributed by atoms with van der Waals surface area (Å²) in [5.74, 6) is 0.540. The van der Waals surface area contributed by atoms with Crippen molar-refractivity contribution in [2.75, 3.05) is 0 Å². The van der Waals surface area contributed by atoms with E-state index in [2.05, 4.69) is 26.1 Å². The molecule has 4 heteroatoms. The van der Waals surface area contributed by atoms with Gasteiger partial charge in [-0.3, -0.25) is 9.59 Å². The molecule has 0 radical (unpaired) electrons. The fourth-order valence-corrected chi connectivity index (χ4v) is 4.20. The second kappa shape index (κ2) is 4.72. The maximum absolute atomic E-state index is 13.2. The van der Waals surface area contributed by atoms with Crippen molar-refractivity contribution in [2.45, 2.75) is 83.8 Å². The van der Waals surface area contributed by atoms with Crippen LogP contribution in [0.5, 0.6) is 0 Å². The third-order valence-electron chi connectivity index (χ3n) is 5.52. The molecular weight excluding hydrogens is 264 g/mol. The molecule has 3 rings (SSSR count). The first-order valence-corrected chi connectivity index (χ1v) is 8.40. The summed E-state index contributed by atoms with van der Waals surface area (Å²) in [6, 6.07) is -0.0780. The standard InChI is InChI=1S/C17H28N2O2/c1-16(2,3)13-14(20)18-17(4,11-9-10-11)15(21)19(13)12-7-5-6-8-12/h11-13H,5-10H2,1-4H3,(H,18,20). The monoisotopic (exact) mass is 292 g/mol. The molecule has 21 heavy (non-hydrogen) atoms. The lowest BCUT2D eigenvalue weighted by molar-refractivity contribution is -0.163. The molecule has 0 spiro atoms. The van der Waals surface area contributed by atoms with Gasteiger partial charge in [0.2, 0.25) is 11.8 Å². The van der Waals surface area contributed by atoms with E-state index in [1.54, 1.807) is 0 Å². The number of piperazine rings is 1. The molecule has 0 aromatic rings. The van der Waals surface area contributed by atoms with Gasteiger partial charge < -0.3 is 10.2 Å². The van der Waals surface area contributed by atoms with Crippen molar-refractivity contribution in [3.05, 3.63) is 0 Å². The van der Waals surface area contributed by atoms with Crippen molar-refractivity contribution in [3.8, 4) is 0 Å². The van der Waals surface area contributed by atoms with Gasteiger partial charge in [0.25, 0.3) is 0 Å². The lowest BCUT2D eigenvalue weighted by Crippen LogP contribution is -2.73. The van der Waals surface area contributed by atoms with E-state index < -0.39 is 5.54 Å². The fraction of sp³-hybridized carbons (Fsp3) is 0.882. The van der Waals surface area contributed by atoms with Gasteiger partial charge in [-0.25, -0.2) is 0 Å². The molecule has 3 fully saturated rings. The van der Waals surface area contributed by atoms with Crippen LogP contribution in [0.2, 0.25) is 0 Å². The lowest BCUT2D eigenvalue weighted by Gasteiger charge is -2.51. The molecule has 1 saturated heterocycles. The Morgan fingerprint density at radius 3 is 2.14 bits per heavy atom. The summed E-state index contributed by atoms with van der Waals surface area (Å²) in [6.07, 6.45) is 6.56. The van der Waals surface area contributed by atoms with Gasteiger partial charge in [-0.1, -0.05) is 33.6 Å². The fourth-order valence-electron chi connectivity index (χ4n) is 4.20. The number of nitrogens with zero attached hydrogens (tertiary/aromatic N) is 1. The quantitative estimate of drug-likeness (QED) is 0.850. The zero-order valence-corrected chi connectivity index (χ0v) is 13.7. The first-order chi connectivity index (χ1) is 9.75. The molecule has 2 amide bonds. The zero-order chi connectivity index (χ0) is 15.4. The van der Waals surface area contributed by atoms with E-state index in [9.17, 15) is 9.59 Å². The van der Waals surface area contributed by atoms with Crippen molar-refractivity contribution in [1.82, 2.24) is 10.2 Å². The maximum Gasteiger partial charge on any atom is 0.249 e. The number of rotatable bonds is 2. The van der Waals surface area contributed by atoms with Crippen LogP contribution in [0.25, 0.3) is 0 Å². The normalized spacial score (nSPS) is 35.2. The minimum absolute atomic E-state index is 0.0448. The Kier molecular flexibility index (Phi) is 3.34. The Bertz CT molecular complexity index is 458. The SMILES string of the molecule is CC(C)(C)C1C(=O)NC(C)(C2CC2)C(=O)N1C1CCCC1. The third-order valence-corrected chi connectivity index (χ3v) is 5.52. The van der Waals surface area contributed by atoms with Crippen molar-refractivity contribution in [2.24, 2.45) is 11.3 Å². The summed E-state index contributed by atoms with van der Waals surface area (Å²) in [6.45, 7) is 8.12. The first-order valence-electron chi connectivity index (χ1n) is 8.40. The van der Waals surface area contributed by atoms with Gasteiger partial charge in [0.15, 0.2) is 0 Å². The molecule has 2 aliphatic carbocycles. The van der Waals surface area contributed by atoms with E-state index in [0.29, 0.717) is 5.92 Å². The number of carbonyl (C=O) groups is 2. The van der Waals surface area contributed by atoms with Gasteiger partial charge in [-0.2, -0.15) is 0 Å². The summed E-state index contributed by atoms with van der Waals surface area (Å²) in [7, 11) is 0. The highest BCUT2D eigenvalue weighted by atomic mass is 16.2. The molecule has 118 valence electrons. The summed E-state index contributed by atoms with van der Waals surface area (Å²) >= 11 is 0. The summed E-state index contributed by atoms with van der Waals surface area (Å²) < 4.78 is 0. The van der Waals surface area contributed by atoms with Crippen molar-refractivity contribution in [1.29, 1.82) is 0 Å². The smallest absolute Gasteiger partial charge is 0.249 e. The van der Waals surface area contributed by atoms with E-state index in [4.69, 9.17) is 0 Å². The van der Waals surface area contributed by atoms with E-state index >= 15 is 0 Å². The van der Waals surface area contributed by atoms with E-state index in [1.165, 1.54) is 12.8 Å². The van der Waals surface area contributed by atoms with Crippen LogP contribution in [0, 0.1) is 11.3 Å². The Morgan fingerprint density at radius 1 is 1.10 bits per heavy atom. The van der Waals surface area contributed by atoms with Crippen LogP contribution in [0.4, 0.5) is 0 Å². The van der Waals surface area contributed by atoms with E-state index in [0.717, 1.165) is 25.7 Å². The molecular formula is C17H28N2O2. The topological polar surface area (TPSA) is 49.4 Å². The zero-order valence-electron chi connectivity index (χ0n) is 13.7. The Labute approximate surface area is 127 Å². The molecule has 0 aromatic heterocycles. The van der Waals surface area contributed by atoms with Gasteiger partial charge in [0, 0.05) is 6.04 Å². The average Bonchev–Trinajstić information content (AvgIpc) is 3.09. The first kappa shape index (κ1) is 14.9. The van der Waals surface area contributed by atoms with Crippen molar-refractivity contribution < 1.29 is 9.59 Å². The van der Waals surface area contributed by atoms with Crippen LogP contribution in [0.3, 0.4) is 0 Å². The number of hydrogen-bond acceptors (Lipinski definition) is 2. The third kappa shape index (κ3) is 2.36. The van der Waals surface area contributed by atoms with Gasteiger partial charge in [0.05, 0.1) is 0 Å². The van der Waals surface area contributed by atoms with Crippen molar-refractivity contribution >= 4 is 11.8 Å². The van der Waals surface area contributed by atoms with Gasteiger partial charge in [0.1, 0.15) is 11.6 Å². The Morgan fingerprint density at radius 2 is 1.67 bits per heavy atom. The molecule has 1 aliphatic heterocycles. The van der Waals surface area contributed by atoms with Gasteiger partial charge in [-0.15, -0.1) is 0 Å². The molecule has 2 saturated carbocycles. The highest BCUT2D eigenvalue weighted by molar-refractivity contribution is 6.00. The minimum Gasteiger partial charge on any atom is -0.340 e. The van der Waals surface area contributed by atoms with Crippen molar-refractivity contribution in [3.63, 3.8) is 0 Å². The molecule has 0 bridgehead atoms. The Hall–Kier alpha value is -1.06. The molecule has 1 N–H and O–H groups in total. The number of hydrogen-bond donors (Lipinski definition) is 1. The van der Waals surface area contributed by atoms with Crippen LogP contribution in [0.1, 0.15) is 66.2 Å². The van der Waals surface area contributed by atoms with Crippen LogP contribution in [-0.4, -0.2) is 34.3 Å². The van der Waals surface area contributed by atoms with E-state index in [1.807, 2.05) is 11.8 Å². The molecule has 2 atom stereocenters. The maximum atomic E-state index is 13.2. The van der Waals surface area contributed by atoms with Gasteiger partial charge >= 0.3 is 0 Å². The van der Waals surface area contributed by atoms with Crippen LogP contribution in [-0.2, 0) is 9.59 Å². The predicted octanol–water partition coefficient (Wildman–Crippen LogP) is 2.47. The van der Waals surface area contributed by atoms with Crippen LogP contribution >= 0.6 is 0 Å². The lowest BCUT2D eigenvalue weighted by atomic mass is 9.78. The summed E-state index contributed by atoms with van der Waals surface area (Å²) in [5.41, 5.74) is -0.894. The Balaban J connectivity index is 1.98. The number of amides is 2. The van der Waals surface area contributed by atoms with Gasteiger partial charge in [-0.05, 0) is 43.9 Å². The number of carbonyl (C=O) groups excluding carboxylic acids is 2. The molecule has 3 aliphatic rings. The number of nitrogens with one attached hydrogen (secondary N) is 1. The molecule has 4 nitrogen and oxygen atoms in total. The highest BCUT2D eigenvalue weighted by Gasteiger charge is 2.58. The highest BCUT2D eigenvalue weighted by Crippen LogP contribution is 2.45. The predicted molar refractivity (Wildman–Crippen MR) is 81.6 cm³/mol. The average molecular weight is 292 g/mol. The summed E-state index contributed by atoms with van der Waals surface area (Å²) in [4.78, 5) is 28.0. The second-order valence-corrected chi connectivity index (χ2v) is 8.39.